The number of carbonyl (C=O) groups is 3. The maximum Gasteiger partial charge on any atom is 0.335 e. The molecule has 0 atom stereocenters. The van der Waals surface area contributed by atoms with Crippen molar-refractivity contribution < 1.29 is 28.7 Å². The molecular weight excluding hydrogens is 482 g/mol. The summed E-state index contributed by atoms with van der Waals surface area (Å²) in [4.78, 5) is 43.0. The van der Waals surface area contributed by atoms with E-state index in [4.69, 9.17) is 14.3 Å². The molecule has 0 spiro atoms. The molecular formula is C31H45NO6. The van der Waals surface area contributed by atoms with E-state index in [1.165, 1.54) is 71.3 Å². The summed E-state index contributed by atoms with van der Waals surface area (Å²) in [6.07, 6.45) is 18.0. The lowest BCUT2D eigenvalue weighted by molar-refractivity contribution is -0.143. The monoisotopic (exact) mass is 527 g/mol. The number of rotatable bonds is 19. The number of oxime groups is 1. The zero-order valence-electron chi connectivity index (χ0n) is 23.7. The van der Waals surface area contributed by atoms with E-state index in [2.05, 4.69) is 19.0 Å². The molecule has 0 saturated heterocycles. The summed E-state index contributed by atoms with van der Waals surface area (Å²) in [5.74, 6) is -0.541. The van der Waals surface area contributed by atoms with Gasteiger partial charge in [0.25, 0.3) is 0 Å². The number of benzene rings is 1. The van der Waals surface area contributed by atoms with Crippen molar-refractivity contribution in [1.82, 2.24) is 0 Å². The first kappa shape index (κ1) is 31.3. The Morgan fingerprint density at radius 3 is 1.82 bits per heavy atom. The quantitative estimate of drug-likeness (QED) is 0.0789. The Labute approximate surface area is 228 Å². The van der Waals surface area contributed by atoms with Gasteiger partial charge in [0.05, 0.1) is 31.1 Å². The Balaban J connectivity index is 2.20. The van der Waals surface area contributed by atoms with Gasteiger partial charge in [-0.1, -0.05) is 89.6 Å². The van der Waals surface area contributed by atoms with Crippen LogP contribution >= 0.6 is 0 Å². The average Bonchev–Trinajstić information content (AvgIpc) is 2.92. The van der Waals surface area contributed by atoms with Crippen LogP contribution in [0.2, 0.25) is 0 Å². The topological polar surface area (TPSA) is 91.3 Å². The van der Waals surface area contributed by atoms with Gasteiger partial charge in [0.1, 0.15) is 11.5 Å². The van der Waals surface area contributed by atoms with Gasteiger partial charge in [-0.15, -0.1) is 0 Å². The van der Waals surface area contributed by atoms with Crippen LogP contribution in [0.3, 0.4) is 0 Å². The van der Waals surface area contributed by atoms with Gasteiger partial charge in [-0.05, 0) is 37.5 Å². The molecule has 1 aromatic rings. The smallest absolute Gasteiger partial charge is 0.335 e. The third-order valence-electron chi connectivity index (χ3n) is 6.87. The molecule has 0 unspecified atom stereocenters. The standard InChI is InChI=1S/C31H45NO6/c1-5-7-9-10-11-12-13-14-15-17-18-24(32-38-28(35)19-16-8-6-2)23-22-27(36-3)29-25(33)20-21-26(34)30(29)31(23)37-4/h20-22H,5-19H2,1-4H3. The molecule has 0 bridgehead atoms. The highest BCUT2D eigenvalue weighted by Gasteiger charge is 2.31. The second kappa shape index (κ2) is 17.5. The largest absolute Gasteiger partial charge is 0.496 e. The molecule has 0 heterocycles. The first-order valence-electron chi connectivity index (χ1n) is 14.3. The first-order valence-corrected chi connectivity index (χ1v) is 14.3. The van der Waals surface area contributed by atoms with E-state index in [9.17, 15) is 14.4 Å². The number of hydrogen-bond donors (Lipinski definition) is 0. The minimum Gasteiger partial charge on any atom is -0.496 e. The van der Waals surface area contributed by atoms with Crippen LogP contribution in [-0.2, 0) is 9.63 Å². The summed E-state index contributed by atoms with van der Waals surface area (Å²) < 4.78 is 11.1. The maximum atomic E-state index is 12.8. The van der Waals surface area contributed by atoms with E-state index in [1.54, 1.807) is 6.07 Å². The summed E-state index contributed by atoms with van der Waals surface area (Å²) in [6, 6.07) is 1.65. The predicted molar refractivity (Wildman–Crippen MR) is 151 cm³/mol. The molecule has 0 radical (unpaired) electrons. The fourth-order valence-electron chi connectivity index (χ4n) is 4.71. The number of hydrogen-bond acceptors (Lipinski definition) is 7. The number of ketones is 2. The average molecular weight is 528 g/mol. The molecule has 0 N–H and O–H groups in total. The number of methoxy groups -OCH3 is 2. The summed E-state index contributed by atoms with van der Waals surface area (Å²) in [7, 11) is 2.91. The number of unbranched alkanes of at least 4 members (excludes halogenated alkanes) is 11. The first-order chi connectivity index (χ1) is 18.5. The van der Waals surface area contributed by atoms with E-state index >= 15 is 0 Å². The molecule has 38 heavy (non-hydrogen) atoms. The highest BCUT2D eigenvalue weighted by atomic mass is 16.7. The lowest BCUT2D eigenvalue weighted by atomic mass is 9.88. The second-order valence-electron chi connectivity index (χ2n) is 9.86. The summed E-state index contributed by atoms with van der Waals surface area (Å²) in [5.41, 5.74) is 1.33. The fraction of sp³-hybridized carbons (Fsp3) is 0.613. The van der Waals surface area contributed by atoms with Gasteiger partial charge in [-0.25, -0.2) is 4.79 Å². The van der Waals surface area contributed by atoms with Gasteiger partial charge >= 0.3 is 5.97 Å². The van der Waals surface area contributed by atoms with Crippen LogP contribution in [0.5, 0.6) is 11.5 Å². The minimum absolute atomic E-state index is 0.152. The predicted octanol–water partition coefficient (Wildman–Crippen LogP) is 7.78. The molecule has 7 heteroatoms. The van der Waals surface area contributed by atoms with E-state index in [-0.39, 0.29) is 34.2 Å². The molecule has 0 amide bonds. The van der Waals surface area contributed by atoms with Crippen LogP contribution in [0.15, 0.2) is 23.4 Å². The molecule has 0 fully saturated rings. The highest BCUT2D eigenvalue weighted by Crippen LogP contribution is 2.38. The summed E-state index contributed by atoms with van der Waals surface area (Å²) in [6.45, 7) is 4.31. The van der Waals surface area contributed by atoms with E-state index < -0.39 is 5.97 Å². The second-order valence-corrected chi connectivity index (χ2v) is 9.86. The Hall–Kier alpha value is -2.96. The van der Waals surface area contributed by atoms with Gasteiger partial charge < -0.3 is 14.3 Å². The van der Waals surface area contributed by atoms with Crippen molar-refractivity contribution in [2.24, 2.45) is 5.16 Å². The van der Waals surface area contributed by atoms with Crippen molar-refractivity contribution in [3.63, 3.8) is 0 Å². The van der Waals surface area contributed by atoms with Crippen LogP contribution in [0.25, 0.3) is 0 Å². The van der Waals surface area contributed by atoms with E-state index in [0.717, 1.165) is 38.5 Å². The Kier molecular flexibility index (Phi) is 14.4. The van der Waals surface area contributed by atoms with E-state index in [0.29, 0.717) is 24.1 Å². The van der Waals surface area contributed by atoms with Crippen molar-refractivity contribution >= 4 is 23.2 Å². The van der Waals surface area contributed by atoms with Crippen LogP contribution in [0, 0.1) is 0 Å². The molecule has 1 aromatic carbocycles. The maximum absolute atomic E-state index is 12.8. The molecule has 1 aliphatic rings. The SMILES string of the molecule is CCCCCCCCCCCCC(=NOC(=O)CCCCC)c1cc(OC)c2c(c1OC)C(=O)C=CC2=O. The van der Waals surface area contributed by atoms with Gasteiger partial charge in [-0.3, -0.25) is 9.59 Å². The van der Waals surface area contributed by atoms with Crippen LogP contribution in [0.1, 0.15) is 136 Å². The van der Waals surface area contributed by atoms with Gasteiger partial charge in [-0.2, -0.15) is 0 Å². The fourth-order valence-corrected chi connectivity index (χ4v) is 4.71. The molecule has 2 rings (SSSR count). The highest BCUT2D eigenvalue weighted by molar-refractivity contribution is 6.25. The van der Waals surface area contributed by atoms with Gasteiger partial charge in [0, 0.05) is 12.0 Å². The third kappa shape index (κ3) is 9.41. The normalized spacial score (nSPS) is 13.0. The van der Waals surface area contributed by atoms with Crippen molar-refractivity contribution in [3.05, 3.63) is 34.9 Å². The lowest BCUT2D eigenvalue weighted by Crippen LogP contribution is -2.18. The van der Waals surface area contributed by atoms with Crippen molar-refractivity contribution in [2.45, 2.75) is 110 Å². The number of nitrogens with zero attached hydrogens (tertiary/aromatic N) is 1. The molecule has 0 aliphatic heterocycles. The van der Waals surface area contributed by atoms with Crippen LogP contribution < -0.4 is 9.47 Å². The number of ether oxygens (including phenoxy) is 2. The van der Waals surface area contributed by atoms with Crippen LogP contribution in [-0.4, -0.2) is 37.5 Å². The van der Waals surface area contributed by atoms with Gasteiger partial charge in [0.15, 0.2) is 11.6 Å². The van der Waals surface area contributed by atoms with Crippen molar-refractivity contribution in [1.29, 1.82) is 0 Å². The lowest BCUT2D eigenvalue weighted by Gasteiger charge is -2.20. The number of carbonyl (C=O) groups excluding carboxylic acids is 3. The Morgan fingerprint density at radius 2 is 1.24 bits per heavy atom. The molecule has 7 nitrogen and oxygen atoms in total. The molecule has 210 valence electrons. The Bertz CT molecular complexity index is 995. The molecule has 0 saturated carbocycles. The van der Waals surface area contributed by atoms with E-state index in [1.807, 2.05) is 0 Å². The van der Waals surface area contributed by atoms with Crippen molar-refractivity contribution in [2.75, 3.05) is 14.2 Å². The number of fused-ring (bicyclic) bond motifs is 1. The third-order valence-corrected chi connectivity index (χ3v) is 6.87. The molecule has 0 aromatic heterocycles. The van der Waals surface area contributed by atoms with Crippen molar-refractivity contribution in [3.8, 4) is 11.5 Å². The van der Waals surface area contributed by atoms with Gasteiger partial charge in [0.2, 0.25) is 0 Å². The Morgan fingerprint density at radius 1 is 0.711 bits per heavy atom. The summed E-state index contributed by atoms with van der Waals surface area (Å²) in [5, 5.41) is 4.24. The summed E-state index contributed by atoms with van der Waals surface area (Å²) >= 11 is 0. The zero-order valence-corrected chi connectivity index (χ0v) is 23.7. The molecule has 1 aliphatic carbocycles. The van der Waals surface area contributed by atoms with Crippen LogP contribution in [0.4, 0.5) is 0 Å². The number of allylic oxidation sites excluding steroid dienone is 2. The minimum atomic E-state index is -0.392. The zero-order chi connectivity index (χ0) is 27.8.